The summed E-state index contributed by atoms with van der Waals surface area (Å²) >= 11 is 0. The SMILES string of the molecule is Cc1cccc(C(=O)N/N=C\c2ccc(-c3ccc(F)cc3F)o2)c1. The Morgan fingerprint density at radius 3 is 2.72 bits per heavy atom. The van der Waals surface area contributed by atoms with Crippen LogP contribution in [0.15, 0.2) is 64.1 Å². The van der Waals surface area contributed by atoms with Crippen LogP contribution in [0.2, 0.25) is 0 Å². The highest BCUT2D eigenvalue weighted by Crippen LogP contribution is 2.25. The van der Waals surface area contributed by atoms with Crippen LogP contribution in [0.5, 0.6) is 0 Å². The van der Waals surface area contributed by atoms with E-state index in [-0.39, 0.29) is 17.2 Å². The Hall–Kier alpha value is -3.28. The van der Waals surface area contributed by atoms with Gasteiger partial charge in [-0.3, -0.25) is 4.79 Å². The molecule has 3 rings (SSSR count). The van der Waals surface area contributed by atoms with Gasteiger partial charge in [-0.2, -0.15) is 5.10 Å². The van der Waals surface area contributed by atoms with Crippen molar-refractivity contribution >= 4 is 12.1 Å². The molecule has 0 aliphatic carbocycles. The molecule has 4 nitrogen and oxygen atoms in total. The summed E-state index contributed by atoms with van der Waals surface area (Å²) in [4.78, 5) is 11.9. The van der Waals surface area contributed by atoms with E-state index in [2.05, 4.69) is 10.5 Å². The first-order valence-electron chi connectivity index (χ1n) is 7.48. The second-order valence-corrected chi connectivity index (χ2v) is 5.39. The molecule has 25 heavy (non-hydrogen) atoms. The Bertz CT molecular complexity index is 948. The lowest BCUT2D eigenvalue weighted by Gasteiger charge is -2.00. The first-order valence-corrected chi connectivity index (χ1v) is 7.48. The minimum atomic E-state index is -0.717. The van der Waals surface area contributed by atoms with Gasteiger partial charge in [0.15, 0.2) is 0 Å². The molecule has 0 bridgehead atoms. The topological polar surface area (TPSA) is 54.6 Å². The highest BCUT2D eigenvalue weighted by Gasteiger charge is 2.10. The average Bonchev–Trinajstić information content (AvgIpc) is 3.03. The molecule has 0 aliphatic heterocycles. The molecule has 126 valence electrons. The van der Waals surface area contributed by atoms with Gasteiger partial charge in [-0.25, -0.2) is 14.2 Å². The maximum Gasteiger partial charge on any atom is 0.271 e. The highest BCUT2D eigenvalue weighted by atomic mass is 19.1. The van der Waals surface area contributed by atoms with Gasteiger partial charge in [-0.05, 0) is 43.3 Å². The average molecular weight is 340 g/mol. The third kappa shape index (κ3) is 3.98. The molecule has 0 atom stereocenters. The van der Waals surface area contributed by atoms with E-state index in [0.29, 0.717) is 11.3 Å². The summed E-state index contributed by atoms with van der Waals surface area (Å²) in [5.74, 6) is -1.16. The first-order chi connectivity index (χ1) is 12.0. The summed E-state index contributed by atoms with van der Waals surface area (Å²) in [7, 11) is 0. The number of rotatable bonds is 4. The maximum absolute atomic E-state index is 13.7. The molecule has 0 spiro atoms. The molecular weight excluding hydrogens is 326 g/mol. The molecule has 1 amide bonds. The monoisotopic (exact) mass is 340 g/mol. The van der Waals surface area contributed by atoms with Crippen molar-refractivity contribution < 1.29 is 18.0 Å². The first kappa shape index (κ1) is 16.6. The van der Waals surface area contributed by atoms with Crippen molar-refractivity contribution in [1.29, 1.82) is 0 Å². The minimum Gasteiger partial charge on any atom is -0.455 e. The van der Waals surface area contributed by atoms with Crippen LogP contribution in [-0.2, 0) is 0 Å². The Kier molecular flexibility index (Phi) is 4.70. The van der Waals surface area contributed by atoms with E-state index in [1.54, 1.807) is 30.3 Å². The molecule has 0 radical (unpaired) electrons. The molecule has 3 aromatic rings. The lowest BCUT2D eigenvalue weighted by molar-refractivity contribution is 0.0955. The predicted octanol–water partition coefficient (Wildman–Crippen LogP) is 4.30. The largest absolute Gasteiger partial charge is 0.455 e. The third-order valence-corrected chi connectivity index (χ3v) is 3.46. The zero-order valence-electron chi connectivity index (χ0n) is 13.3. The molecule has 6 heteroatoms. The van der Waals surface area contributed by atoms with Crippen LogP contribution in [0, 0.1) is 18.6 Å². The van der Waals surface area contributed by atoms with Crippen LogP contribution in [0.1, 0.15) is 21.7 Å². The van der Waals surface area contributed by atoms with Gasteiger partial charge in [0.2, 0.25) is 0 Å². The van der Waals surface area contributed by atoms with Crippen LogP contribution >= 0.6 is 0 Å². The smallest absolute Gasteiger partial charge is 0.271 e. The van der Waals surface area contributed by atoms with Gasteiger partial charge in [0.1, 0.15) is 23.2 Å². The van der Waals surface area contributed by atoms with Crippen molar-refractivity contribution in [3.63, 3.8) is 0 Å². The Labute approximate surface area is 142 Å². The fourth-order valence-electron chi connectivity index (χ4n) is 2.26. The summed E-state index contributed by atoms with van der Waals surface area (Å²) in [6.45, 7) is 1.89. The fraction of sp³-hybridized carbons (Fsp3) is 0.0526. The molecule has 2 aromatic carbocycles. The standard InChI is InChI=1S/C19H14F2N2O2/c1-12-3-2-4-13(9-12)19(24)23-22-11-15-6-8-18(25-15)16-7-5-14(20)10-17(16)21/h2-11H,1H3,(H,23,24)/b22-11-. The van der Waals surface area contributed by atoms with E-state index >= 15 is 0 Å². The van der Waals surface area contributed by atoms with Crippen LogP contribution in [0.4, 0.5) is 8.78 Å². The van der Waals surface area contributed by atoms with E-state index in [4.69, 9.17) is 4.42 Å². The summed E-state index contributed by atoms with van der Waals surface area (Å²) in [6.07, 6.45) is 1.30. The second kappa shape index (κ2) is 7.09. The van der Waals surface area contributed by atoms with E-state index in [9.17, 15) is 13.6 Å². The number of hydrazone groups is 1. The fourth-order valence-corrected chi connectivity index (χ4v) is 2.26. The number of hydrogen-bond donors (Lipinski definition) is 1. The van der Waals surface area contributed by atoms with Crippen molar-refractivity contribution in [2.45, 2.75) is 6.92 Å². The van der Waals surface area contributed by atoms with Crippen molar-refractivity contribution in [2.75, 3.05) is 0 Å². The lowest BCUT2D eigenvalue weighted by atomic mass is 10.1. The zero-order valence-corrected chi connectivity index (χ0v) is 13.3. The number of hydrogen-bond acceptors (Lipinski definition) is 3. The summed E-state index contributed by atoms with van der Waals surface area (Å²) in [5, 5.41) is 3.82. The van der Waals surface area contributed by atoms with Crippen molar-refractivity contribution in [3.05, 3.63) is 83.1 Å². The molecular formula is C19H14F2N2O2. The Balaban J connectivity index is 1.69. The van der Waals surface area contributed by atoms with Crippen LogP contribution in [0.3, 0.4) is 0 Å². The quantitative estimate of drug-likeness (QED) is 0.569. The molecule has 1 aromatic heterocycles. The van der Waals surface area contributed by atoms with E-state index in [0.717, 1.165) is 17.7 Å². The van der Waals surface area contributed by atoms with Crippen molar-refractivity contribution in [2.24, 2.45) is 5.10 Å². The summed E-state index contributed by atoms with van der Waals surface area (Å²) in [6, 6.07) is 13.4. The number of aryl methyl sites for hydroxylation is 1. The van der Waals surface area contributed by atoms with Gasteiger partial charge in [0.25, 0.3) is 5.91 Å². The molecule has 0 unspecified atom stereocenters. The van der Waals surface area contributed by atoms with Gasteiger partial charge >= 0.3 is 0 Å². The Morgan fingerprint density at radius 1 is 1.12 bits per heavy atom. The van der Waals surface area contributed by atoms with Crippen LogP contribution in [0.25, 0.3) is 11.3 Å². The molecule has 0 fully saturated rings. The minimum absolute atomic E-state index is 0.143. The van der Waals surface area contributed by atoms with Crippen molar-refractivity contribution in [3.8, 4) is 11.3 Å². The maximum atomic E-state index is 13.7. The number of benzene rings is 2. The van der Waals surface area contributed by atoms with Gasteiger partial charge in [-0.1, -0.05) is 17.7 Å². The highest BCUT2D eigenvalue weighted by molar-refractivity contribution is 5.94. The normalized spacial score (nSPS) is 11.0. The number of carbonyl (C=O) groups excluding carboxylic acids is 1. The number of amides is 1. The zero-order chi connectivity index (χ0) is 17.8. The molecule has 0 aliphatic rings. The van der Waals surface area contributed by atoms with E-state index in [1.165, 1.54) is 12.3 Å². The van der Waals surface area contributed by atoms with Gasteiger partial charge in [0.05, 0.1) is 11.8 Å². The summed E-state index contributed by atoms with van der Waals surface area (Å²) < 4.78 is 32.1. The molecule has 0 saturated heterocycles. The number of furan rings is 1. The van der Waals surface area contributed by atoms with Crippen molar-refractivity contribution in [1.82, 2.24) is 5.43 Å². The number of halogens is 2. The number of carbonyl (C=O) groups is 1. The third-order valence-electron chi connectivity index (χ3n) is 3.46. The number of nitrogens with zero attached hydrogens (tertiary/aromatic N) is 1. The lowest BCUT2D eigenvalue weighted by Crippen LogP contribution is -2.17. The van der Waals surface area contributed by atoms with E-state index in [1.807, 2.05) is 13.0 Å². The number of nitrogens with one attached hydrogen (secondary N) is 1. The van der Waals surface area contributed by atoms with E-state index < -0.39 is 11.6 Å². The van der Waals surface area contributed by atoms with Crippen LogP contribution in [-0.4, -0.2) is 12.1 Å². The van der Waals surface area contributed by atoms with Gasteiger partial charge < -0.3 is 4.42 Å². The van der Waals surface area contributed by atoms with Gasteiger partial charge in [-0.15, -0.1) is 0 Å². The predicted molar refractivity (Wildman–Crippen MR) is 90.3 cm³/mol. The molecule has 0 saturated carbocycles. The van der Waals surface area contributed by atoms with Crippen LogP contribution < -0.4 is 5.43 Å². The summed E-state index contributed by atoms with van der Waals surface area (Å²) in [5.41, 5.74) is 3.99. The molecule has 1 N–H and O–H groups in total. The van der Waals surface area contributed by atoms with Gasteiger partial charge in [0, 0.05) is 11.6 Å². The molecule has 1 heterocycles. The second-order valence-electron chi connectivity index (χ2n) is 5.39. The Morgan fingerprint density at radius 2 is 1.96 bits per heavy atom.